The van der Waals surface area contributed by atoms with Crippen LogP contribution in [0.2, 0.25) is 0 Å². The van der Waals surface area contributed by atoms with Crippen molar-refractivity contribution < 1.29 is 13.5 Å². The van der Waals surface area contributed by atoms with Gasteiger partial charge in [0.1, 0.15) is 0 Å². The van der Waals surface area contributed by atoms with Gasteiger partial charge in [0.05, 0.1) is 29.1 Å². The second-order valence-corrected chi connectivity index (χ2v) is 5.58. The molecule has 0 aliphatic heterocycles. The van der Waals surface area contributed by atoms with Gasteiger partial charge >= 0.3 is 0 Å². The fourth-order valence-corrected chi connectivity index (χ4v) is 2.05. The molecular weight excluding hydrogens is 242 g/mol. The number of sulfone groups is 1. The second-order valence-electron chi connectivity index (χ2n) is 3.56. The quantitative estimate of drug-likeness (QED) is 0.842. The van der Waals surface area contributed by atoms with Crippen molar-refractivity contribution in [2.24, 2.45) is 0 Å². The van der Waals surface area contributed by atoms with Crippen molar-refractivity contribution in [3.63, 3.8) is 0 Å². The van der Waals surface area contributed by atoms with Gasteiger partial charge < -0.3 is 5.11 Å². The Hall–Kier alpha value is -1.73. The van der Waals surface area contributed by atoms with E-state index in [0.717, 1.165) is 6.26 Å². The summed E-state index contributed by atoms with van der Waals surface area (Å²) in [5.74, 6) is 0. The number of hydrogen-bond donors (Lipinski definition) is 1. The van der Waals surface area contributed by atoms with E-state index in [0.29, 0.717) is 11.4 Å². The molecule has 1 N–H and O–H groups in total. The van der Waals surface area contributed by atoms with Crippen LogP contribution in [0.25, 0.3) is 5.69 Å². The van der Waals surface area contributed by atoms with E-state index in [-0.39, 0.29) is 11.5 Å². The third-order valence-electron chi connectivity index (χ3n) is 2.29. The number of aliphatic hydroxyl groups is 1. The lowest BCUT2D eigenvalue weighted by molar-refractivity contribution is 0.273. The number of hydrogen-bond acceptors (Lipinski definition) is 5. The zero-order valence-electron chi connectivity index (χ0n) is 9.11. The van der Waals surface area contributed by atoms with Crippen LogP contribution in [-0.2, 0) is 16.4 Å². The summed E-state index contributed by atoms with van der Waals surface area (Å²) in [4.78, 5) is 0.243. The second kappa shape index (κ2) is 4.27. The van der Waals surface area contributed by atoms with Crippen molar-refractivity contribution in [2.45, 2.75) is 11.5 Å². The average Bonchev–Trinajstić information content (AvgIpc) is 2.76. The van der Waals surface area contributed by atoms with E-state index in [1.54, 1.807) is 12.1 Å². The number of aromatic nitrogens is 3. The normalized spacial score (nSPS) is 11.6. The Kier molecular flexibility index (Phi) is 2.95. The van der Waals surface area contributed by atoms with Gasteiger partial charge in [-0.15, -0.1) is 5.10 Å². The van der Waals surface area contributed by atoms with E-state index >= 15 is 0 Å². The molecule has 0 aliphatic rings. The maximum absolute atomic E-state index is 11.3. The number of aliphatic hydroxyl groups excluding tert-OH is 1. The summed E-state index contributed by atoms with van der Waals surface area (Å²) in [6, 6.07) is 6.22. The van der Waals surface area contributed by atoms with Gasteiger partial charge in [0, 0.05) is 6.26 Å². The topological polar surface area (TPSA) is 85.1 Å². The SMILES string of the molecule is CS(=O)(=O)c1ccc(-n2nncc2CO)cc1. The summed E-state index contributed by atoms with van der Waals surface area (Å²) in [5.41, 5.74) is 1.19. The summed E-state index contributed by atoms with van der Waals surface area (Å²) in [7, 11) is -3.20. The van der Waals surface area contributed by atoms with Gasteiger partial charge in [-0.05, 0) is 24.3 Å². The van der Waals surface area contributed by atoms with Crippen LogP contribution >= 0.6 is 0 Å². The van der Waals surface area contributed by atoms with Crippen molar-refractivity contribution >= 4 is 9.84 Å². The molecule has 0 saturated heterocycles. The van der Waals surface area contributed by atoms with Crippen LogP contribution in [-0.4, -0.2) is 34.8 Å². The summed E-state index contributed by atoms with van der Waals surface area (Å²) >= 11 is 0. The van der Waals surface area contributed by atoms with E-state index in [1.165, 1.54) is 23.0 Å². The van der Waals surface area contributed by atoms with Gasteiger partial charge in [0.2, 0.25) is 0 Å². The number of rotatable bonds is 3. The van der Waals surface area contributed by atoms with Crippen LogP contribution in [0.1, 0.15) is 5.69 Å². The van der Waals surface area contributed by atoms with Crippen molar-refractivity contribution in [1.29, 1.82) is 0 Å². The predicted octanol–water partition coefficient (Wildman–Crippen LogP) is 0.163. The maximum atomic E-state index is 11.3. The molecule has 17 heavy (non-hydrogen) atoms. The molecule has 0 saturated carbocycles. The molecule has 0 radical (unpaired) electrons. The van der Waals surface area contributed by atoms with E-state index in [2.05, 4.69) is 10.3 Å². The van der Waals surface area contributed by atoms with Crippen molar-refractivity contribution in [3.8, 4) is 5.69 Å². The Labute approximate surface area is 98.4 Å². The fraction of sp³-hybridized carbons (Fsp3) is 0.200. The molecule has 0 unspecified atom stereocenters. The van der Waals surface area contributed by atoms with Crippen LogP contribution in [0.3, 0.4) is 0 Å². The highest BCUT2D eigenvalue weighted by molar-refractivity contribution is 7.90. The third-order valence-corrected chi connectivity index (χ3v) is 3.42. The van der Waals surface area contributed by atoms with Gasteiger partial charge in [0.15, 0.2) is 9.84 Å². The molecule has 2 rings (SSSR count). The first-order chi connectivity index (χ1) is 8.02. The third kappa shape index (κ3) is 2.34. The first-order valence-electron chi connectivity index (χ1n) is 4.83. The highest BCUT2D eigenvalue weighted by Gasteiger charge is 2.09. The smallest absolute Gasteiger partial charge is 0.175 e. The molecule has 0 aliphatic carbocycles. The lowest BCUT2D eigenvalue weighted by Gasteiger charge is -2.04. The van der Waals surface area contributed by atoms with Crippen LogP contribution in [0.5, 0.6) is 0 Å². The van der Waals surface area contributed by atoms with Crippen LogP contribution in [0.15, 0.2) is 35.4 Å². The largest absolute Gasteiger partial charge is 0.390 e. The Bertz CT molecular complexity index is 617. The van der Waals surface area contributed by atoms with E-state index in [4.69, 9.17) is 5.11 Å². The molecule has 0 fully saturated rings. The standard InChI is InChI=1S/C10H11N3O3S/c1-17(15,16)10-4-2-8(3-5-10)13-9(7-14)6-11-12-13/h2-6,14H,7H2,1H3. The van der Waals surface area contributed by atoms with Crippen molar-refractivity contribution in [3.05, 3.63) is 36.2 Å². The van der Waals surface area contributed by atoms with Crippen LogP contribution in [0.4, 0.5) is 0 Å². The average molecular weight is 253 g/mol. The molecule has 0 spiro atoms. The van der Waals surface area contributed by atoms with Gasteiger partial charge in [0.25, 0.3) is 0 Å². The highest BCUT2D eigenvalue weighted by atomic mass is 32.2. The molecule has 6 nitrogen and oxygen atoms in total. The lowest BCUT2D eigenvalue weighted by atomic mass is 10.3. The molecule has 0 atom stereocenters. The van der Waals surface area contributed by atoms with Crippen molar-refractivity contribution in [1.82, 2.24) is 15.0 Å². The number of benzene rings is 1. The van der Waals surface area contributed by atoms with Crippen LogP contribution in [0, 0.1) is 0 Å². The summed E-state index contributed by atoms with van der Waals surface area (Å²) < 4.78 is 24.0. The van der Waals surface area contributed by atoms with E-state index in [1.807, 2.05) is 0 Å². The monoisotopic (exact) mass is 253 g/mol. The Morgan fingerprint density at radius 1 is 1.29 bits per heavy atom. The first-order valence-corrected chi connectivity index (χ1v) is 6.72. The molecule has 0 bridgehead atoms. The molecule has 2 aromatic rings. The summed E-state index contributed by atoms with van der Waals surface area (Å²) in [5, 5.41) is 16.5. The minimum atomic E-state index is -3.20. The van der Waals surface area contributed by atoms with E-state index < -0.39 is 9.84 Å². The van der Waals surface area contributed by atoms with Crippen LogP contribution < -0.4 is 0 Å². The Morgan fingerprint density at radius 2 is 1.94 bits per heavy atom. The predicted molar refractivity (Wildman–Crippen MR) is 60.4 cm³/mol. The highest BCUT2D eigenvalue weighted by Crippen LogP contribution is 2.14. The van der Waals surface area contributed by atoms with Gasteiger partial charge in [-0.25, -0.2) is 13.1 Å². The van der Waals surface area contributed by atoms with Gasteiger partial charge in [-0.3, -0.25) is 0 Å². The molecule has 90 valence electrons. The lowest BCUT2D eigenvalue weighted by Crippen LogP contribution is -2.03. The van der Waals surface area contributed by atoms with Gasteiger partial charge in [-0.1, -0.05) is 5.21 Å². The Balaban J connectivity index is 2.43. The molecule has 1 aromatic carbocycles. The Morgan fingerprint density at radius 3 is 2.47 bits per heavy atom. The van der Waals surface area contributed by atoms with Crippen molar-refractivity contribution in [2.75, 3.05) is 6.26 Å². The molecule has 7 heteroatoms. The van der Waals surface area contributed by atoms with E-state index in [9.17, 15) is 8.42 Å². The zero-order chi connectivity index (χ0) is 12.5. The molecule has 1 heterocycles. The zero-order valence-corrected chi connectivity index (χ0v) is 9.92. The minimum absolute atomic E-state index is 0.180. The fourth-order valence-electron chi connectivity index (χ4n) is 1.42. The maximum Gasteiger partial charge on any atom is 0.175 e. The minimum Gasteiger partial charge on any atom is -0.390 e. The summed E-state index contributed by atoms with van der Waals surface area (Å²) in [6.45, 7) is -0.180. The summed E-state index contributed by atoms with van der Waals surface area (Å²) in [6.07, 6.45) is 2.60. The molecular formula is C10H11N3O3S. The molecule has 1 aromatic heterocycles. The number of nitrogens with zero attached hydrogens (tertiary/aromatic N) is 3. The van der Waals surface area contributed by atoms with Gasteiger partial charge in [-0.2, -0.15) is 0 Å². The molecule has 0 amide bonds. The first kappa shape index (κ1) is 11.7.